The van der Waals surface area contributed by atoms with Crippen molar-refractivity contribution in [1.82, 2.24) is 15.2 Å². The molecule has 0 aromatic carbocycles. The van der Waals surface area contributed by atoms with Crippen LogP contribution < -0.4 is 10.2 Å². The maximum absolute atomic E-state index is 4.64. The maximum Gasteiger partial charge on any atom is 0.133 e. The lowest BCUT2D eigenvalue weighted by molar-refractivity contribution is 0.311. The Kier molecular flexibility index (Phi) is 6.27. The van der Waals surface area contributed by atoms with E-state index in [1.54, 1.807) is 0 Å². The van der Waals surface area contributed by atoms with Gasteiger partial charge < -0.3 is 15.1 Å². The molecule has 2 heterocycles. The van der Waals surface area contributed by atoms with E-state index in [0.717, 1.165) is 38.8 Å². The highest BCUT2D eigenvalue weighted by Gasteiger charge is 2.19. The van der Waals surface area contributed by atoms with E-state index in [9.17, 15) is 0 Å². The average Bonchev–Trinajstić information content (AvgIpc) is 3.00. The molecule has 2 fully saturated rings. The molecule has 4 nitrogen and oxygen atoms in total. The van der Waals surface area contributed by atoms with E-state index in [1.165, 1.54) is 37.1 Å². The number of pyridine rings is 1. The first kappa shape index (κ1) is 16.5. The fraction of sp³-hybridized carbons (Fsp3) is 0.688. The molecular weight excluding hydrogens is 284 g/mol. The summed E-state index contributed by atoms with van der Waals surface area (Å²) < 4.78 is 0. The second-order valence-electron chi connectivity index (χ2n) is 6.14. The molecule has 3 rings (SSSR count). The number of piperazine rings is 1. The van der Waals surface area contributed by atoms with Crippen LogP contribution in [-0.4, -0.2) is 49.2 Å². The van der Waals surface area contributed by atoms with Gasteiger partial charge in [-0.25, -0.2) is 4.98 Å². The van der Waals surface area contributed by atoms with Crippen LogP contribution in [0.2, 0.25) is 0 Å². The van der Waals surface area contributed by atoms with Gasteiger partial charge in [0.05, 0.1) is 0 Å². The Balaban J connectivity index is 0.00000161. The van der Waals surface area contributed by atoms with Gasteiger partial charge in [0.1, 0.15) is 5.82 Å². The first-order valence-electron chi connectivity index (χ1n) is 7.94. The highest BCUT2D eigenvalue weighted by Crippen LogP contribution is 2.21. The lowest BCUT2D eigenvalue weighted by atomic mass is 10.2. The van der Waals surface area contributed by atoms with Gasteiger partial charge in [0.2, 0.25) is 0 Å². The van der Waals surface area contributed by atoms with Gasteiger partial charge in [-0.2, -0.15) is 0 Å². The Bertz CT molecular complexity index is 426. The molecule has 0 radical (unpaired) electrons. The van der Waals surface area contributed by atoms with Crippen molar-refractivity contribution in [3.05, 3.63) is 23.9 Å². The minimum atomic E-state index is 0. The van der Waals surface area contributed by atoms with E-state index in [0.29, 0.717) is 0 Å². The standard InChI is InChI=1S/C16H26N4.ClH/c1-19-9-11-20(12-10-19)16-14(5-4-8-17-16)13-18-15-6-2-3-7-15;/h4-5,8,15,18H,2-3,6-7,9-13H2,1H3;1H. The fourth-order valence-electron chi connectivity index (χ4n) is 3.26. The van der Waals surface area contributed by atoms with Crippen LogP contribution in [-0.2, 0) is 6.54 Å². The molecule has 0 unspecified atom stereocenters. The van der Waals surface area contributed by atoms with Gasteiger partial charge in [0.25, 0.3) is 0 Å². The third-order valence-corrected chi connectivity index (χ3v) is 4.61. The Morgan fingerprint density at radius 1 is 1.19 bits per heavy atom. The van der Waals surface area contributed by atoms with Crippen LogP contribution in [0.15, 0.2) is 18.3 Å². The smallest absolute Gasteiger partial charge is 0.133 e. The van der Waals surface area contributed by atoms with Gasteiger partial charge in [0, 0.05) is 50.5 Å². The zero-order valence-corrected chi connectivity index (χ0v) is 13.7. The molecule has 1 aliphatic carbocycles. The largest absolute Gasteiger partial charge is 0.354 e. The topological polar surface area (TPSA) is 31.4 Å². The molecule has 0 amide bonds. The molecule has 21 heavy (non-hydrogen) atoms. The monoisotopic (exact) mass is 310 g/mol. The minimum Gasteiger partial charge on any atom is -0.354 e. The highest BCUT2D eigenvalue weighted by molar-refractivity contribution is 5.85. The van der Waals surface area contributed by atoms with Crippen LogP contribution >= 0.6 is 12.4 Å². The van der Waals surface area contributed by atoms with Gasteiger partial charge in [0.15, 0.2) is 0 Å². The molecule has 0 bridgehead atoms. The summed E-state index contributed by atoms with van der Waals surface area (Å²) in [5.41, 5.74) is 1.35. The van der Waals surface area contributed by atoms with Crippen LogP contribution in [0.3, 0.4) is 0 Å². The summed E-state index contributed by atoms with van der Waals surface area (Å²) in [5, 5.41) is 3.71. The summed E-state index contributed by atoms with van der Waals surface area (Å²) in [6, 6.07) is 5.00. The number of nitrogens with zero attached hydrogens (tertiary/aromatic N) is 3. The number of hydrogen-bond donors (Lipinski definition) is 1. The van der Waals surface area contributed by atoms with Gasteiger partial charge in [-0.1, -0.05) is 18.9 Å². The zero-order chi connectivity index (χ0) is 13.8. The Morgan fingerprint density at radius 3 is 2.62 bits per heavy atom. The zero-order valence-electron chi connectivity index (χ0n) is 12.9. The third-order valence-electron chi connectivity index (χ3n) is 4.61. The van der Waals surface area contributed by atoms with E-state index in [2.05, 4.69) is 39.3 Å². The van der Waals surface area contributed by atoms with Crippen LogP contribution in [0.25, 0.3) is 0 Å². The first-order chi connectivity index (χ1) is 9.83. The summed E-state index contributed by atoms with van der Waals surface area (Å²) in [6.45, 7) is 5.40. The van der Waals surface area contributed by atoms with Crippen molar-refractivity contribution < 1.29 is 0 Å². The summed E-state index contributed by atoms with van der Waals surface area (Å²) in [5.74, 6) is 1.19. The first-order valence-corrected chi connectivity index (χ1v) is 7.94. The molecule has 1 aromatic heterocycles. The molecular formula is C16H27ClN4. The normalized spacial score (nSPS) is 20.5. The molecule has 1 saturated heterocycles. The van der Waals surface area contributed by atoms with Crippen molar-refractivity contribution in [2.24, 2.45) is 0 Å². The van der Waals surface area contributed by atoms with E-state index in [-0.39, 0.29) is 12.4 Å². The van der Waals surface area contributed by atoms with E-state index in [1.807, 2.05) is 6.20 Å². The minimum absolute atomic E-state index is 0. The quantitative estimate of drug-likeness (QED) is 0.924. The van der Waals surface area contributed by atoms with Crippen LogP contribution in [0.1, 0.15) is 31.2 Å². The SMILES string of the molecule is CN1CCN(c2ncccc2CNC2CCCC2)CC1.Cl. The van der Waals surface area contributed by atoms with Gasteiger partial charge in [-0.15, -0.1) is 12.4 Å². The molecule has 5 heteroatoms. The second kappa shape index (κ2) is 7.97. The number of likely N-dealkylation sites (N-methyl/N-ethyl adjacent to an activating group) is 1. The lowest BCUT2D eigenvalue weighted by Gasteiger charge is -2.34. The molecule has 118 valence electrons. The van der Waals surface area contributed by atoms with E-state index >= 15 is 0 Å². The molecule has 1 aromatic rings. The number of anilines is 1. The Hall–Kier alpha value is -0.840. The second-order valence-corrected chi connectivity index (χ2v) is 6.14. The predicted octanol–water partition coefficient (Wildman–Crippen LogP) is 2.29. The number of aromatic nitrogens is 1. The molecule has 1 saturated carbocycles. The highest BCUT2D eigenvalue weighted by atomic mass is 35.5. The predicted molar refractivity (Wildman–Crippen MR) is 90.3 cm³/mol. The summed E-state index contributed by atoms with van der Waals surface area (Å²) in [7, 11) is 2.19. The van der Waals surface area contributed by atoms with Gasteiger partial charge >= 0.3 is 0 Å². The number of hydrogen-bond acceptors (Lipinski definition) is 4. The van der Waals surface area contributed by atoms with Crippen LogP contribution in [0.4, 0.5) is 5.82 Å². The fourth-order valence-corrected chi connectivity index (χ4v) is 3.26. The van der Waals surface area contributed by atoms with Crippen molar-refractivity contribution in [3.63, 3.8) is 0 Å². The van der Waals surface area contributed by atoms with Crippen molar-refractivity contribution in [2.45, 2.75) is 38.3 Å². The molecule has 0 atom stereocenters. The Labute approximate surface area is 134 Å². The number of rotatable bonds is 4. The summed E-state index contributed by atoms with van der Waals surface area (Å²) >= 11 is 0. The van der Waals surface area contributed by atoms with Crippen molar-refractivity contribution in [2.75, 3.05) is 38.1 Å². The van der Waals surface area contributed by atoms with Gasteiger partial charge in [-0.05, 0) is 26.0 Å². The van der Waals surface area contributed by atoms with E-state index < -0.39 is 0 Å². The maximum atomic E-state index is 4.64. The van der Waals surface area contributed by atoms with Crippen molar-refractivity contribution >= 4 is 18.2 Å². The third kappa shape index (κ3) is 4.31. The Morgan fingerprint density at radius 2 is 1.90 bits per heavy atom. The molecule has 1 aliphatic heterocycles. The summed E-state index contributed by atoms with van der Waals surface area (Å²) in [4.78, 5) is 9.46. The van der Waals surface area contributed by atoms with Crippen molar-refractivity contribution in [3.8, 4) is 0 Å². The molecule has 0 spiro atoms. The number of halogens is 1. The van der Waals surface area contributed by atoms with Crippen LogP contribution in [0.5, 0.6) is 0 Å². The summed E-state index contributed by atoms with van der Waals surface area (Å²) in [6.07, 6.45) is 7.37. The van der Waals surface area contributed by atoms with E-state index in [4.69, 9.17) is 0 Å². The average molecular weight is 311 g/mol. The molecule has 2 aliphatic rings. The molecule has 1 N–H and O–H groups in total. The van der Waals surface area contributed by atoms with Crippen LogP contribution in [0, 0.1) is 0 Å². The van der Waals surface area contributed by atoms with Crippen molar-refractivity contribution in [1.29, 1.82) is 0 Å². The lowest BCUT2D eigenvalue weighted by Crippen LogP contribution is -2.45. The number of nitrogens with one attached hydrogen (secondary N) is 1. The van der Waals surface area contributed by atoms with Gasteiger partial charge in [-0.3, -0.25) is 0 Å².